The third-order valence-electron chi connectivity index (χ3n) is 6.27. The lowest BCUT2D eigenvalue weighted by Gasteiger charge is -2.34. The molecule has 1 saturated heterocycles. The van der Waals surface area contributed by atoms with Gasteiger partial charge >= 0.3 is 0 Å². The standard InChI is InChI=1S/C23H31ClN6O/c1-25-22-18-10-13-30(14-19(18)27-21(28-22)16-8-11-26-12-9-16)23(31)20(29(2)3)15-4-6-17(24)7-5-15/h4-7,16,20,26H,8-14H2,1-3H3,(H,25,27,28)/t20-/m0/s1. The molecule has 2 aliphatic rings. The van der Waals surface area contributed by atoms with E-state index in [0.717, 1.165) is 60.8 Å². The van der Waals surface area contributed by atoms with Gasteiger partial charge in [-0.1, -0.05) is 23.7 Å². The molecule has 3 heterocycles. The summed E-state index contributed by atoms with van der Waals surface area (Å²) in [6.07, 6.45) is 2.85. The van der Waals surface area contributed by atoms with Gasteiger partial charge in [0.05, 0.1) is 12.2 Å². The van der Waals surface area contributed by atoms with Gasteiger partial charge in [-0.3, -0.25) is 9.69 Å². The van der Waals surface area contributed by atoms with Gasteiger partial charge in [-0.2, -0.15) is 0 Å². The molecule has 1 aromatic heterocycles. The van der Waals surface area contributed by atoms with Gasteiger partial charge < -0.3 is 15.5 Å². The van der Waals surface area contributed by atoms with Crippen LogP contribution in [0.3, 0.4) is 0 Å². The molecule has 1 fully saturated rings. The number of piperidine rings is 1. The molecule has 0 saturated carbocycles. The zero-order chi connectivity index (χ0) is 22.0. The number of carbonyl (C=O) groups excluding carboxylic acids is 1. The molecule has 0 aliphatic carbocycles. The van der Waals surface area contributed by atoms with E-state index in [9.17, 15) is 4.79 Å². The van der Waals surface area contributed by atoms with E-state index in [4.69, 9.17) is 21.6 Å². The molecule has 4 rings (SSSR count). The minimum absolute atomic E-state index is 0.0889. The molecule has 0 spiro atoms. The zero-order valence-electron chi connectivity index (χ0n) is 18.5. The molecule has 0 radical (unpaired) electrons. The van der Waals surface area contributed by atoms with Crippen LogP contribution in [0.2, 0.25) is 5.02 Å². The number of nitrogens with one attached hydrogen (secondary N) is 2. The third-order valence-corrected chi connectivity index (χ3v) is 6.52. The topological polar surface area (TPSA) is 73.4 Å². The summed E-state index contributed by atoms with van der Waals surface area (Å²) in [5.41, 5.74) is 3.05. The lowest BCUT2D eigenvalue weighted by molar-refractivity contribution is -0.137. The molecule has 2 aliphatic heterocycles. The number of aromatic nitrogens is 2. The fraction of sp³-hybridized carbons (Fsp3) is 0.522. The van der Waals surface area contributed by atoms with Crippen LogP contribution in [0, 0.1) is 0 Å². The van der Waals surface area contributed by atoms with Crippen LogP contribution in [0.25, 0.3) is 0 Å². The number of carbonyl (C=O) groups is 1. The third kappa shape index (κ3) is 4.68. The Morgan fingerprint density at radius 3 is 2.58 bits per heavy atom. The van der Waals surface area contributed by atoms with Gasteiger partial charge in [-0.15, -0.1) is 0 Å². The van der Waals surface area contributed by atoms with Gasteiger partial charge in [0.1, 0.15) is 17.7 Å². The molecule has 1 amide bonds. The highest BCUT2D eigenvalue weighted by Gasteiger charge is 2.32. The van der Waals surface area contributed by atoms with Gasteiger partial charge in [0.25, 0.3) is 0 Å². The largest absolute Gasteiger partial charge is 0.373 e. The number of rotatable bonds is 5. The second kappa shape index (κ2) is 9.51. The number of anilines is 1. The Bertz CT molecular complexity index is 926. The highest BCUT2D eigenvalue weighted by molar-refractivity contribution is 6.30. The van der Waals surface area contributed by atoms with Crippen molar-refractivity contribution >= 4 is 23.3 Å². The van der Waals surface area contributed by atoms with Crippen molar-refractivity contribution in [3.05, 3.63) is 51.9 Å². The molecule has 166 valence electrons. The summed E-state index contributed by atoms with van der Waals surface area (Å²) in [4.78, 5) is 27.3. The SMILES string of the molecule is CNc1nc(C2CCNCC2)nc2c1CCN(C(=O)[C@H](c1ccc(Cl)cc1)N(C)C)C2. The summed E-state index contributed by atoms with van der Waals surface area (Å²) < 4.78 is 0. The first-order chi connectivity index (χ1) is 15.0. The first-order valence-corrected chi connectivity index (χ1v) is 11.3. The average Bonchev–Trinajstić information content (AvgIpc) is 2.79. The average molecular weight is 443 g/mol. The van der Waals surface area contributed by atoms with Crippen LogP contribution in [0.5, 0.6) is 0 Å². The Morgan fingerprint density at radius 2 is 1.94 bits per heavy atom. The van der Waals surface area contributed by atoms with Crippen LogP contribution in [0.4, 0.5) is 5.82 Å². The molecule has 0 unspecified atom stereocenters. The van der Waals surface area contributed by atoms with E-state index in [0.29, 0.717) is 24.0 Å². The van der Waals surface area contributed by atoms with E-state index in [1.807, 2.05) is 55.2 Å². The summed E-state index contributed by atoms with van der Waals surface area (Å²) in [5.74, 6) is 2.27. The minimum Gasteiger partial charge on any atom is -0.373 e. The van der Waals surface area contributed by atoms with E-state index in [-0.39, 0.29) is 11.9 Å². The molecule has 2 aromatic rings. The number of amides is 1. The number of benzene rings is 1. The highest BCUT2D eigenvalue weighted by Crippen LogP contribution is 2.31. The fourth-order valence-electron chi connectivity index (χ4n) is 4.59. The van der Waals surface area contributed by atoms with Crippen molar-refractivity contribution in [2.75, 3.05) is 46.1 Å². The number of nitrogens with zero attached hydrogens (tertiary/aromatic N) is 4. The quantitative estimate of drug-likeness (QED) is 0.741. The number of hydrogen-bond donors (Lipinski definition) is 2. The summed E-state index contributed by atoms with van der Waals surface area (Å²) in [6.45, 7) is 3.17. The minimum atomic E-state index is -0.353. The molecular formula is C23H31ClN6O. The van der Waals surface area contributed by atoms with E-state index in [1.165, 1.54) is 0 Å². The Hall–Kier alpha value is -2.22. The van der Waals surface area contributed by atoms with E-state index in [2.05, 4.69) is 10.6 Å². The van der Waals surface area contributed by atoms with Crippen molar-refractivity contribution in [3.63, 3.8) is 0 Å². The van der Waals surface area contributed by atoms with Crippen molar-refractivity contribution in [1.29, 1.82) is 0 Å². The molecule has 0 bridgehead atoms. The molecular weight excluding hydrogens is 412 g/mol. The van der Waals surface area contributed by atoms with E-state index >= 15 is 0 Å². The maximum Gasteiger partial charge on any atom is 0.244 e. The van der Waals surface area contributed by atoms with Gasteiger partial charge in [0.15, 0.2) is 0 Å². The van der Waals surface area contributed by atoms with Crippen molar-refractivity contribution < 1.29 is 4.79 Å². The number of fused-ring (bicyclic) bond motifs is 1. The normalized spacial score (nSPS) is 18.0. The Labute approximate surface area is 189 Å². The van der Waals surface area contributed by atoms with Crippen molar-refractivity contribution in [1.82, 2.24) is 25.1 Å². The van der Waals surface area contributed by atoms with Crippen LogP contribution in [-0.4, -0.2) is 66.5 Å². The van der Waals surface area contributed by atoms with Crippen LogP contribution >= 0.6 is 11.6 Å². The second-order valence-electron chi connectivity index (χ2n) is 8.56. The summed E-state index contributed by atoms with van der Waals surface area (Å²) in [5, 5.41) is 7.33. The highest BCUT2D eigenvalue weighted by atomic mass is 35.5. The summed E-state index contributed by atoms with van der Waals surface area (Å²) in [7, 11) is 5.78. The van der Waals surface area contributed by atoms with E-state index in [1.54, 1.807) is 0 Å². The smallest absolute Gasteiger partial charge is 0.244 e. The van der Waals surface area contributed by atoms with Crippen LogP contribution in [0.15, 0.2) is 24.3 Å². The summed E-state index contributed by atoms with van der Waals surface area (Å²) >= 11 is 6.05. The van der Waals surface area contributed by atoms with E-state index < -0.39 is 0 Å². The second-order valence-corrected chi connectivity index (χ2v) is 8.99. The van der Waals surface area contributed by atoms with Crippen LogP contribution in [0.1, 0.15) is 47.4 Å². The Kier molecular flexibility index (Phi) is 6.74. The van der Waals surface area contributed by atoms with Gasteiger partial charge in [0, 0.05) is 30.1 Å². The van der Waals surface area contributed by atoms with Crippen LogP contribution < -0.4 is 10.6 Å². The molecule has 1 aromatic carbocycles. The molecule has 8 heteroatoms. The van der Waals surface area contributed by atoms with Gasteiger partial charge in [0.2, 0.25) is 5.91 Å². The maximum absolute atomic E-state index is 13.6. The summed E-state index contributed by atoms with van der Waals surface area (Å²) in [6, 6.07) is 7.18. The Balaban J connectivity index is 1.60. The van der Waals surface area contributed by atoms with Gasteiger partial charge in [-0.05, 0) is 64.1 Å². The Morgan fingerprint density at radius 1 is 1.23 bits per heavy atom. The fourth-order valence-corrected chi connectivity index (χ4v) is 4.71. The molecule has 31 heavy (non-hydrogen) atoms. The lowest BCUT2D eigenvalue weighted by atomic mass is 9.96. The first-order valence-electron chi connectivity index (χ1n) is 11.0. The lowest BCUT2D eigenvalue weighted by Crippen LogP contribution is -2.43. The molecule has 1 atom stereocenters. The van der Waals surface area contributed by atoms with Crippen molar-refractivity contribution in [3.8, 4) is 0 Å². The number of hydrogen-bond acceptors (Lipinski definition) is 6. The number of likely N-dealkylation sites (N-methyl/N-ethyl adjacent to an activating group) is 1. The predicted octanol–water partition coefficient (Wildman–Crippen LogP) is 2.83. The first kappa shape index (κ1) is 22.0. The predicted molar refractivity (Wildman–Crippen MR) is 123 cm³/mol. The van der Waals surface area contributed by atoms with Crippen molar-refractivity contribution in [2.24, 2.45) is 0 Å². The molecule has 7 nitrogen and oxygen atoms in total. The molecule has 2 N–H and O–H groups in total. The number of halogens is 1. The van der Waals surface area contributed by atoms with Crippen LogP contribution in [-0.2, 0) is 17.8 Å². The van der Waals surface area contributed by atoms with Crippen molar-refractivity contribution in [2.45, 2.75) is 37.8 Å². The monoisotopic (exact) mass is 442 g/mol. The van der Waals surface area contributed by atoms with Gasteiger partial charge in [-0.25, -0.2) is 9.97 Å². The zero-order valence-corrected chi connectivity index (χ0v) is 19.2. The maximum atomic E-state index is 13.6.